The predicted molar refractivity (Wildman–Crippen MR) is 71.2 cm³/mol. The number of rotatable bonds is 3. The maximum absolute atomic E-state index is 11.8. The van der Waals surface area contributed by atoms with Crippen molar-refractivity contribution in [3.05, 3.63) is 56.9 Å². The lowest BCUT2D eigenvalue weighted by atomic mass is 10.2. The summed E-state index contributed by atoms with van der Waals surface area (Å²) in [4.78, 5) is 31.0. The van der Waals surface area contributed by atoms with E-state index in [9.17, 15) is 9.59 Å². The van der Waals surface area contributed by atoms with Gasteiger partial charge in [0.05, 0.1) is 24.1 Å². The van der Waals surface area contributed by atoms with Crippen molar-refractivity contribution in [1.29, 1.82) is 0 Å². The number of pyridine rings is 1. The Bertz CT molecular complexity index is 653. The molecule has 0 bridgehead atoms. The van der Waals surface area contributed by atoms with Crippen LogP contribution in [0.1, 0.15) is 16.1 Å². The van der Waals surface area contributed by atoms with Crippen molar-refractivity contribution in [2.75, 3.05) is 0 Å². The number of nitrogens with one attached hydrogen (secondary N) is 1. The van der Waals surface area contributed by atoms with E-state index in [1.807, 2.05) is 5.43 Å². The van der Waals surface area contributed by atoms with E-state index in [-0.39, 0.29) is 12.1 Å². The highest BCUT2D eigenvalue weighted by Crippen LogP contribution is 2.03. The van der Waals surface area contributed by atoms with Crippen molar-refractivity contribution in [1.82, 2.24) is 20.0 Å². The van der Waals surface area contributed by atoms with Gasteiger partial charge in [-0.3, -0.25) is 24.6 Å². The van der Waals surface area contributed by atoms with Gasteiger partial charge in [0.25, 0.3) is 11.5 Å². The zero-order chi connectivity index (χ0) is 13.8. The van der Waals surface area contributed by atoms with Crippen LogP contribution >= 0.6 is 15.9 Å². The molecule has 0 aliphatic rings. The highest BCUT2D eigenvalue weighted by molar-refractivity contribution is 9.10. The molecule has 98 valence electrons. The summed E-state index contributed by atoms with van der Waals surface area (Å²) >= 11 is 3.12. The first kappa shape index (κ1) is 13.4. The number of carbonyl (C=O) groups excluding carboxylic acids is 1. The van der Waals surface area contributed by atoms with Crippen molar-refractivity contribution < 1.29 is 4.79 Å². The molecule has 0 saturated heterocycles. The van der Waals surface area contributed by atoms with Gasteiger partial charge in [0.1, 0.15) is 4.47 Å². The van der Waals surface area contributed by atoms with E-state index in [0.717, 1.165) is 0 Å². The highest BCUT2D eigenvalue weighted by Gasteiger charge is 2.06. The standard InChI is InChI=1S/C11H10BrN5O2/c12-9-4-14-6-17(11(9)19)5-8-2-1-7(3-15-8)10(18)16-13/h1-4,6H,5,13H2,(H,16,18). The topological polar surface area (TPSA) is 103 Å². The van der Waals surface area contributed by atoms with E-state index in [0.29, 0.717) is 15.7 Å². The summed E-state index contributed by atoms with van der Waals surface area (Å²) in [5, 5.41) is 0. The first-order chi connectivity index (χ1) is 9.11. The maximum atomic E-state index is 11.8. The summed E-state index contributed by atoms with van der Waals surface area (Å²) in [7, 11) is 0. The molecule has 1 amide bonds. The number of hydrogen-bond acceptors (Lipinski definition) is 5. The predicted octanol–water partition coefficient (Wildman–Crippen LogP) is 0.0526. The quantitative estimate of drug-likeness (QED) is 0.472. The van der Waals surface area contributed by atoms with Crippen LogP contribution in [0.3, 0.4) is 0 Å². The number of nitrogen functional groups attached to an aromatic ring is 1. The Balaban J connectivity index is 2.22. The molecule has 0 fully saturated rings. The summed E-state index contributed by atoms with van der Waals surface area (Å²) in [6.45, 7) is 0.274. The van der Waals surface area contributed by atoms with Gasteiger partial charge >= 0.3 is 0 Å². The van der Waals surface area contributed by atoms with E-state index in [4.69, 9.17) is 5.84 Å². The van der Waals surface area contributed by atoms with Crippen LogP contribution in [0.2, 0.25) is 0 Å². The van der Waals surface area contributed by atoms with E-state index >= 15 is 0 Å². The van der Waals surface area contributed by atoms with Crippen LogP contribution < -0.4 is 16.8 Å². The maximum Gasteiger partial charge on any atom is 0.267 e. The molecule has 2 aromatic heterocycles. The lowest BCUT2D eigenvalue weighted by Gasteiger charge is -2.05. The molecule has 0 spiro atoms. The number of hydrogen-bond donors (Lipinski definition) is 2. The molecule has 7 nitrogen and oxygen atoms in total. The molecule has 2 rings (SSSR count). The average Bonchev–Trinajstić information content (AvgIpc) is 2.44. The van der Waals surface area contributed by atoms with Crippen LogP contribution in [-0.2, 0) is 6.54 Å². The number of aromatic nitrogens is 3. The molecular formula is C11H10BrN5O2. The fourth-order valence-electron chi connectivity index (χ4n) is 1.45. The van der Waals surface area contributed by atoms with Crippen LogP contribution in [0.5, 0.6) is 0 Å². The second-order valence-corrected chi connectivity index (χ2v) is 4.54. The van der Waals surface area contributed by atoms with Gasteiger partial charge in [-0.25, -0.2) is 10.8 Å². The van der Waals surface area contributed by atoms with Crippen LogP contribution in [0, 0.1) is 0 Å². The lowest BCUT2D eigenvalue weighted by Crippen LogP contribution is -2.30. The van der Waals surface area contributed by atoms with Crippen molar-refractivity contribution in [2.24, 2.45) is 5.84 Å². The second-order valence-electron chi connectivity index (χ2n) is 3.69. The van der Waals surface area contributed by atoms with Crippen LogP contribution in [-0.4, -0.2) is 20.4 Å². The highest BCUT2D eigenvalue weighted by atomic mass is 79.9. The largest absolute Gasteiger partial charge is 0.292 e. The van der Waals surface area contributed by atoms with Gasteiger partial charge in [-0.2, -0.15) is 0 Å². The molecule has 2 aromatic rings. The summed E-state index contributed by atoms with van der Waals surface area (Å²) in [5.74, 6) is 4.60. The Morgan fingerprint density at radius 2 is 2.21 bits per heavy atom. The lowest BCUT2D eigenvalue weighted by molar-refractivity contribution is 0.0953. The van der Waals surface area contributed by atoms with Gasteiger partial charge in [0.2, 0.25) is 0 Å². The fraction of sp³-hybridized carbons (Fsp3) is 0.0909. The summed E-state index contributed by atoms with van der Waals surface area (Å²) < 4.78 is 1.80. The van der Waals surface area contributed by atoms with Crippen LogP contribution in [0.25, 0.3) is 0 Å². The Morgan fingerprint density at radius 3 is 2.84 bits per heavy atom. The van der Waals surface area contributed by atoms with E-state index in [2.05, 4.69) is 25.9 Å². The molecule has 0 atom stereocenters. The SMILES string of the molecule is NNC(=O)c1ccc(Cn2cncc(Br)c2=O)nc1. The van der Waals surface area contributed by atoms with Gasteiger partial charge < -0.3 is 0 Å². The molecule has 0 aliphatic carbocycles. The average molecular weight is 324 g/mol. The zero-order valence-corrected chi connectivity index (χ0v) is 11.3. The smallest absolute Gasteiger partial charge is 0.267 e. The molecule has 0 unspecified atom stereocenters. The van der Waals surface area contributed by atoms with E-state index in [1.165, 1.54) is 23.3 Å². The number of hydrazine groups is 1. The Labute approximate surface area is 116 Å². The Kier molecular flexibility index (Phi) is 4.03. The third kappa shape index (κ3) is 3.04. The van der Waals surface area contributed by atoms with E-state index in [1.54, 1.807) is 12.1 Å². The number of carbonyl (C=O) groups is 1. The summed E-state index contributed by atoms with van der Waals surface area (Å²) in [5.41, 5.74) is 2.81. The van der Waals surface area contributed by atoms with Gasteiger partial charge in [0.15, 0.2) is 0 Å². The molecule has 19 heavy (non-hydrogen) atoms. The molecular weight excluding hydrogens is 314 g/mol. The minimum absolute atomic E-state index is 0.194. The normalized spacial score (nSPS) is 10.2. The molecule has 8 heteroatoms. The third-order valence-corrected chi connectivity index (χ3v) is 2.95. The van der Waals surface area contributed by atoms with Gasteiger partial charge in [-0.15, -0.1) is 0 Å². The Hall–Kier alpha value is -2.06. The van der Waals surface area contributed by atoms with Crippen molar-refractivity contribution in [3.8, 4) is 0 Å². The minimum atomic E-state index is -0.416. The monoisotopic (exact) mass is 323 g/mol. The number of amides is 1. The van der Waals surface area contributed by atoms with Crippen LogP contribution in [0.15, 0.2) is 40.1 Å². The van der Waals surface area contributed by atoms with Crippen molar-refractivity contribution in [3.63, 3.8) is 0 Å². The number of nitrogens with two attached hydrogens (primary N) is 1. The summed E-state index contributed by atoms with van der Waals surface area (Å²) in [6.07, 6.45) is 4.25. The minimum Gasteiger partial charge on any atom is -0.292 e. The number of halogens is 1. The van der Waals surface area contributed by atoms with Crippen molar-refractivity contribution >= 4 is 21.8 Å². The zero-order valence-electron chi connectivity index (χ0n) is 9.71. The molecule has 3 N–H and O–H groups in total. The molecule has 0 saturated carbocycles. The van der Waals surface area contributed by atoms with Gasteiger partial charge in [0, 0.05) is 12.4 Å². The molecule has 2 heterocycles. The second kappa shape index (κ2) is 5.72. The van der Waals surface area contributed by atoms with Crippen LogP contribution in [0.4, 0.5) is 0 Å². The van der Waals surface area contributed by atoms with Gasteiger partial charge in [-0.05, 0) is 28.1 Å². The first-order valence-corrected chi connectivity index (χ1v) is 6.07. The van der Waals surface area contributed by atoms with Gasteiger partial charge in [-0.1, -0.05) is 0 Å². The van der Waals surface area contributed by atoms with E-state index < -0.39 is 5.91 Å². The number of nitrogens with zero attached hydrogens (tertiary/aromatic N) is 3. The molecule has 0 aromatic carbocycles. The molecule has 0 aliphatic heterocycles. The Morgan fingerprint density at radius 1 is 1.42 bits per heavy atom. The first-order valence-electron chi connectivity index (χ1n) is 5.27. The van der Waals surface area contributed by atoms with Crippen molar-refractivity contribution in [2.45, 2.75) is 6.54 Å². The summed E-state index contributed by atoms with van der Waals surface area (Å²) in [6, 6.07) is 3.24. The third-order valence-electron chi connectivity index (χ3n) is 2.41. The fourth-order valence-corrected chi connectivity index (χ4v) is 1.79. The molecule has 0 radical (unpaired) electrons.